The Labute approximate surface area is 114 Å². The first-order valence-corrected chi connectivity index (χ1v) is 6.81. The minimum absolute atomic E-state index is 0.215. The van der Waals surface area contributed by atoms with E-state index in [1.807, 2.05) is 18.2 Å². The third kappa shape index (κ3) is 2.53. The minimum atomic E-state index is 0.215. The van der Waals surface area contributed by atoms with E-state index in [9.17, 15) is 0 Å². The molecule has 0 radical (unpaired) electrons. The van der Waals surface area contributed by atoms with Gasteiger partial charge in [0.1, 0.15) is 0 Å². The zero-order chi connectivity index (χ0) is 13.1. The first-order chi connectivity index (χ1) is 9.38. The van der Waals surface area contributed by atoms with Crippen LogP contribution >= 0.6 is 0 Å². The number of aromatic nitrogens is 1. The Morgan fingerprint density at radius 3 is 2.74 bits per heavy atom. The topological polar surface area (TPSA) is 28.2 Å². The number of nitrogens with zero attached hydrogens (tertiary/aromatic N) is 2. The number of hydrogen-bond acceptors (Lipinski definition) is 3. The lowest BCUT2D eigenvalue weighted by Crippen LogP contribution is -2.44. The Hall–Kier alpha value is -1.71. The van der Waals surface area contributed by atoms with Crippen LogP contribution in [0.5, 0.6) is 0 Å². The van der Waals surface area contributed by atoms with Crippen LogP contribution in [0.15, 0.2) is 49.1 Å². The molecule has 2 aromatic rings. The van der Waals surface area contributed by atoms with E-state index in [4.69, 9.17) is 4.98 Å². The highest BCUT2D eigenvalue weighted by atomic mass is 15.2. The van der Waals surface area contributed by atoms with Crippen LogP contribution in [0.4, 0.5) is 0 Å². The SMILES string of the molecule is C=C[C@H](c1ccc2ccccc2n1)N1CCNCC1. The number of nitrogens with one attached hydrogen (secondary N) is 1. The standard InChI is InChI=1S/C16H19N3/c1-2-16(19-11-9-17-10-12-19)15-8-7-13-5-3-4-6-14(13)18-15/h2-8,16-17H,1,9-12H2/t16-/m1/s1. The number of benzene rings is 1. The van der Waals surface area contributed by atoms with E-state index in [1.165, 1.54) is 5.39 Å². The summed E-state index contributed by atoms with van der Waals surface area (Å²) < 4.78 is 0. The summed E-state index contributed by atoms with van der Waals surface area (Å²) in [5.74, 6) is 0. The van der Waals surface area contributed by atoms with Crippen molar-refractivity contribution < 1.29 is 0 Å². The molecule has 1 aliphatic heterocycles. The third-order valence-electron chi connectivity index (χ3n) is 3.69. The Morgan fingerprint density at radius 1 is 1.16 bits per heavy atom. The second-order valence-corrected chi connectivity index (χ2v) is 4.90. The fourth-order valence-electron chi connectivity index (χ4n) is 2.66. The van der Waals surface area contributed by atoms with Crippen molar-refractivity contribution in [2.45, 2.75) is 6.04 Å². The molecule has 1 aromatic carbocycles. The zero-order valence-corrected chi connectivity index (χ0v) is 11.0. The minimum Gasteiger partial charge on any atom is -0.314 e. The smallest absolute Gasteiger partial charge is 0.0706 e. The highest BCUT2D eigenvalue weighted by molar-refractivity contribution is 5.78. The van der Waals surface area contributed by atoms with Gasteiger partial charge < -0.3 is 5.32 Å². The summed E-state index contributed by atoms with van der Waals surface area (Å²) in [5, 5.41) is 4.57. The molecule has 98 valence electrons. The summed E-state index contributed by atoms with van der Waals surface area (Å²) in [5.41, 5.74) is 2.15. The van der Waals surface area contributed by atoms with Crippen molar-refractivity contribution in [2.24, 2.45) is 0 Å². The molecule has 0 saturated carbocycles. The fourth-order valence-corrected chi connectivity index (χ4v) is 2.66. The molecule has 19 heavy (non-hydrogen) atoms. The Kier molecular flexibility index (Phi) is 3.58. The van der Waals surface area contributed by atoms with E-state index in [2.05, 4.69) is 41.1 Å². The van der Waals surface area contributed by atoms with Crippen LogP contribution in [-0.2, 0) is 0 Å². The number of fused-ring (bicyclic) bond motifs is 1. The number of rotatable bonds is 3. The molecule has 1 saturated heterocycles. The molecule has 0 spiro atoms. The van der Waals surface area contributed by atoms with E-state index in [0.29, 0.717) is 0 Å². The normalized spacial score (nSPS) is 18.3. The van der Waals surface area contributed by atoms with Crippen LogP contribution in [-0.4, -0.2) is 36.1 Å². The van der Waals surface area contributed by atoms with Crippen molar-refractivity contribution in [3.63, 3.8) is 0 Å². The molecular weight excluding hydrogens is 234 g/mol. The predicted molar refractivity (Wildman–Crippen MR) is 79.1 cm³/mol. The average molecular weight is 253 g/mol. The lowest BCUT2D eigenvalue weighted by Gasteiger charge is -2.32. The van der Waals surface area contributed by atoms with Gasteiger partial charge in [0.15, 0.2) is 0 Å². The van der Waals surface area contributed by atoms with Gasteiger partial charge in [0.2, 0.25) is 0 Å². The maximum absolute atomic E-state index is 4.79. The van der Waals surface area contributed by atoms with Crippen molar-refractivity contribution in [3.8, 4) is 0 Å². The van der Waals surface area contributed by atoms with Crippen molar-refractivity contribution in [1.82, 2.24) is 15.2 Å². The number of pyridine rings is 1. The third-order valence-corrected chi connectivity index (χ3v) is 3.69. The van der Waals surface area contributed by atoms with Gasteiger partial charge in [0.25, 0.3) is 0 Å². The van der Waals surface area contributed by atoms with Gasteiger partial charge in [0.05, 0.1) is 17.3 Å². The summed E-state index contributed by atoms with van der Waals surface area (Å²) in [6.45, 7) is 8.16. The van der Waals surface area contributed by atoms with Crippen LogP contribution in [0.1, 0.15) is 11.7 Å². The summed E-state index contributed by atoms with van der Waals surface area (Å²) in [6, 6.07) is 12.7. The molecule has 1 N–H and O–H groups in total. The van der Waals surface area contributed by atoms with Gasteiger partial charge in [-0.2, -0.15) is 0 Å². The molecule has 1 fully saturated rings. The molecule has 3 heteroatoms. The quantitative estimate of drug-likeness (QED) is 0.851. The maximum atomic E-state index is 4.79. The molecule has 3 nitrogen and oxygen atoms in total. The van der Waals surface area contributed by atoms with Crippen LogP contribution in [0.3, 0.4) is 0 Å². The maximum Gasteiger partial charge on any atom is 0.0706 e. The van der Waals surface area contributed by atoms with E-state index in [1.54, 1.807) is 0 Å². The van der Waals surface area contributed by atoms with E-state index in [0.717, 1.165) is 37.4 Å². The largest absolute Gasteiger partial charge is 0.314 e. The van der Waals surface area contributed by atoms with Gasteiger partial charge in [-0.05, 0) is 12.1 Å². The molecular formula is C16H19N3. The van der Waals surface area contributed by atoms with E-state index < -0.39 is 0 Å². The van der Waals surface area contributed by atoms with Gasteiger partial charge in [0, 0.05) is 31.6 Å². The highest BCUT2D eigenvalue weighted by Crippen LogP contribution is 2.22. The monoisotopic (exact) mass is 253 g/mol. The molecule has 0 bridgehead atoms. The number of para-hydroxylation sites is 1. The van der Waals surface area contributed by atoms with E-state index >= 15 is 0 Å². The molecule has 3 rings (SSSR count). The van der Waals surface area contributed by atoms with Crippen LogP contribution < -0.4 is 5.32 Å². The molecule has 1 aliphatic rings. The van der Waals surface area contributed by atoms with Gasteiger partial charge >= 0.3 is 0 Å². The van der Waals surface area contributed by atoms with Crippen LogP contribution in [0.25, 0.3) is 10.9 Å². The summed E-state index contributed by atoms with van der Waals surface area (Å²) >= 11 is 0. The van der Waals surface area contributed by atoms with Gasteiger partial charge in [-0.25, -0.2) is 0 Å². The summed E-state index contributed by atoms with van der Waals surface area (Å²) in [4.78, 5) is 7.22. The Morgan fingerprint density at radius 2 is 1.95 bits per heavy atom. The predicted octanol–water partition coefficient (Wildman–Crippen LogP) is 2.37. The number of hydrogen-bond donors (Lipinski definition) is 1. The van der Waals surface area contributed by atoms with Crippen molar-refractivity contribution in [2.75, 3.05) is 26.2 Å². The summed E-state index contributed by atoms with van der Waals surface area (Å²) in [7, 11) is 0. The molecule has 0 unspecified atom stereocenters. The molecule has 0 aliphatic carbocycles. The molecule has 0 amide bonds. The second-order valence-electron chi connectivity index (χ2n) is 4.90. The lowest BCUT2D eigenvalue weighted by molar-refractivity contribution is 0.201. The lowest BCUT2D eigenvalue weighted by atomic mass is 10.1. The van der Waals surface area contributed by atoms with Gasteiger partial charge in [-0.3, -0.25) is 9.88 Å². The van der Waals surface area contributed by atoms with Crippen LogP contribution in [0.2, 0.25) is 0 Å². The van der Waals surface area contributed by atoms with Crippen molar-refractivity contribution in [1.29, 1.82) is 0 Å². The average Bonchev–Trinajstić information content (AvgIpc) is 2.49. The van der Waals surface area contributed by atoms with Gasteiger partial charge in [-0.15, -0.1) is 6.58 Å². The fraction of sp³-hybridized carbons (Fsp3) is 0.312. The Balaban J connectivity index is 1.93. The number of piperazine rings is 1. The van der Waals surface area contributed by atoms with Crippen molar-refractivity contribution >= 4 is 10.9 Å². The van der Waals surface area contributed by atoms with Crippen LogP contribution in [0, 0.1) is 0 Å². The first kappa shape index (κ1) is 12.3. The molecule has 1 atom stereocenters. The zero-order valence-electron chi connectivity index (χ0n) is 11.0. The molecule has 2 heterocycles. The first-order valence-electron chi connectivity index (χ1n) is 6.81. The highest BCUT2D eigenvalue weighted by Gasteiger charge is 2.20. The van der Waals surface area contributed by atoms with Crippen molar-refractivity contribution in [3.05, 3.63) is 54.7 Å². The van der Waals surface area contributed by atoms with E-state index in [-0.39, 0.29) is 6.04 Å². The Bertz CT molecular complexity index is 573. The van der Waals surface area contributed by atoms with Gasteiger partial charge in [-0.1, -0.05) is 30.3 Å². The summed E-state index contributed by atoms with van der Waals surface area (Å²) in [6.07, 6.45) is 2.00. The second kappa shape index (κ2) is 5.51. The molecule has 1 aromatic heterocycles.